The number of aliphatic hydroxyl groups excluding tert-OH is 1. The minimum atomic E-state index is -0.518. The van der Waals surface area contributed by atoms with E-state index < -0.39 is 11.7 Å². The van der Waals surface area contributed by atoms with Gasteiger partial charge >= 0.3 is 6.09 Å². The first-order valence-electron chi connectivity index (χ1n) is 3.79. The maximum atomic E-state index is 10.9. The van der Waals surface area contributed by atoms with E-state index in [1.807, 2.05) is 0 Å². The average molecular weight is 174 g/mol. The van der Waals surface area contributed by atoms with E-state index in [9.17, 15) is 4.79 Å². The molecule has 0 aliphatic rings. The first-order valence-corrected chi connectivity index (χ1v) is 3.79. The molecule has 1 radical (unpaired) electrons. The fourth-order valence-electron chi connectivity index (χ4n) is 0.514. The molecule has 0 spiro atoms. The van der Waals surface area contributed by atoms with Crippen molar-refractivity contribution < 1.29 is 14.6 Å². The van der Waals surface area contributed by atoms with Crippen molar-refractivity contribution in [3.05, 3.63) is 6.10 Å². The lowest BCUT2D eigenvalue weighted by Crippen LogP contribution is -2.34. The summed E-state index contributed by atoms with van der Waals surface area (Å²) in [6, 6.07) is 0. The molecule has 0 aliphatic carbocycles. The summed E-state index contributed by atoms with van der Waals surface area (Å²) >= 11 is 0. The summed E-state index contributed by atoms with van der Waals surface area (Å²) in [6.07, 6.45) is -0.364. The summed E-state index contributed by atoms with van der Waals surface area (Å²) in [4.78, 5) is 10.9. The summed E-state index contributed by atoms with van der Waals surface area (Å²) in [5, 5.41) is 11.1. The number of alkyl carbamates (subject to hydrolysis) is 1. The molecule has 0 fully saturated rings. The summed E-state index contributed by atoms with van der Waals surface area (Å²) < 4.78 is 4.91. The lowest BCUT2D eigenvalue weighted by Gasteiger charge is -2.19. The number of ether oxygens (including phenoxy) is 1. The van der Waals surface area contributed by atoms with E-state index in [-0.39, 0.29) is 12.6 Å². The Morgan fingerprint density at radius 2 is 2.00 bits per heavy atom. The van der Waals surface area contributed by atoms with Crippen molar-refractivity contribution in [2.24, 2.45) is 0 Å². The van der Waals surface area contributed by atoms with Crippen LogP contribution in [-0.4, -0.2) is 23.3 Å². The summed E-state index contributed by atoms with van der Waals surface area (Å²) in [5.41, 5.74) is -0.493. The van der Waals surface area contributed by atoms with Crippen molar-refractivity contribution in [2.45, 2.75) is 33.3 Å². The number of aliphatic hydroxyl groups is 1. The Labute approximate surface area is 72.9 Å². The van der Waals surface area contributed by atoms with Gasteiger partial charge in [0.15, 0.2) is 0 Å². The van der Waals surface area contributed by atoms with Crippen LogP contribution in [0.2, 0.25) is 0 Å². The molecule has 4 nitrogen and oxygen atoms in total. The van der Waals surface area contributed by atoms with Gasteiger partial charge in [-0.15, -0.1) is 0 Å². The molecule has 0 rings (SSSR count). The Bertz CT molecular complexity index is 149. The topological polar surface area (TPSA) is 58.6 Å². The zero-order chi connectivity index (χ0) is 9.78. The lowest BCUT2D eigenvalue weighted by atomic mass is 10.2. The number of nitrogens with one attached hydrogen (secondary N) is 1. The van der Waals surface area contributed by atoms with Gasteiger partial charge in [-0.05, 0) is 27.7 Å². The van der Waals surface area contributed by atoms with Gasteiger partial charge in [-0.3, -0.25) is 0 Å². The molecular weight excluding hydrogens is 158 g/mol. The molecule has 0 atom stereocenters. The molecule has 0 aromatic heterocycles. The molecular formula is C8H16NO3. The van der Waals surface area contributed by atoms with Gasteiger partial charge in [0.05, 0.1) is 6.54 Å². The number of carbonyl (C=O) groups is 1. The number of rotatable bonds is 2. The Balaban J connectivity index is 3.61. The molecule has 4 heteroatoms. The molecule has 71 valence electrons. The molecule has 0 heterocycles. The van der Waals surface area contributed by atoms with Crippen LogP contribution in [0, 0.1) is 6.10 Å². The highest BCUT2D eigenvalue weighted by Crippen LogP contribution is 2.06. The van der Waals surface area contributed by atoms with Gasteiger partial charge in [-0.2, -0.15) is 0 Å². The van der Waals surface area contributed by atoms with Crippen molar-refractivity contribution in [1.29, 1.82) is 0 Å². The van der Waals surface area contributed by atoms with Gasteiger partial charge in [0, 0.05) is 0 Å². The number of carbonyl (C=O) groups excluding carboxylic acids is 1. The molecule has 0 saturated heterocycles. The van der Waals surface area contributed by atoms with E-state index in [1.54, 1.807) is 20.8 Å². The highest BCUT2D eigenvalue weighted by atomic mass is 16.6. The third-order valence-corrected chi connectivity index (χ3v) is 0.887. The Kier molecular flexibility index (Phi) is 4.03. The second-order valence-electron chi connectivity index (χ2n) is 3.59. The Morgan fingerprint density at radius 3 is 2.33 bits per heavy atom. The van der Waals surface area contributed by atoms with Crippen LogP contribution in [0.5, 0.6) is 0 Å². The normalized spacial score (nSPS) is 11.5. The molecule has 1 amide bonds. The molecule has 0 aliphatic heterocycles. The van der Waals surface area contributed by atoms with E-state index in [0.717, 1.165) is 0 Å². The molecule has 0 bridgehead atoms. The van der Waals surface area contributed by atoms with Gasteiger partial charge in [0.2, 0.25) is 0 Å². The van der Waals surface area contributed by atoms with Crippen molar-refractivity contribution in [2.75, 3.05) is 6.54 Å². The van der Waals surface area contributed by atoms with Crippen LogP contribution in [0.3, 0.4) is 0 Å². The molecule has 12 heavy (non-hydrogen) atoms. The van der Waals surface area contributed by atoms with Crippen LogP contribution in [0.1, 0.15) is 27.7 Å². The van der Waals surface area contributed by atoms with Crippen LogP contribution in [-0.2, 0) is 4.74 Å². The van der Waals surface area contributed by atoms with E-state index in [4.69, 9.17) is 9.84 Å². The van der Waals surface area contributed by atoms with Gasteiger partial charge < -0.3 is 15.2 Å². The van der Waals surface area contributed by atoms with Crippen molar-refractivity contribution in [1.82, 2.24) is 5.32 Å². The summed E-state index contributed by atoms with van der Waals surface area (Å²) in [6.45, 7) is 6.98. The fraction of sp³-hybridized carbons (Fsp3) is 0.750. The predicted octanol–water partition coefficient (Wildman–Crippen LogP) is 1.44. The third-order valence-electron chi connectivity index (χ3n) is 0.887. The van der Waals surface area contributed by atoms with E-state index in [1.165, 1.54) is 6.92 Å². The predicted molar refractivity (Wildman–Crippen MR) is 45.1 cm³/mol. The van der Waals surface area contributed by atoms with Gasteiger partial charge in [0.1, 0.15) is 11.7 Å². The smallest absolute Gasteiger partial charge is 0.407 e. The minimum absolute atomic E-state index is 0.134. The molecule has 0 saturated carbocycles. The first-order chi connectivity index (χ1) is 5.31. The molecule has 0 unspecified atom stereocenters. The van der Waals surface area contributed by atoms with Crippen molar-refractivity contribution >= 4 is 6.09 Å². The van der Waals surface area contributed by atoms with E-state index in [0.29, 0.717) is 0 Å². The maximum Gasteiger partial charge on any atom is 0.407 e. The van der Waals surface area contributed by atoms with E-state index in [2.05, 4.69) is 5.32 Å². The van der Waals surface area contributed by atoms with Crippen LogP contribution >= 0.6 is 0 Å². The Morgan fingerprint density at radius 1 is 1.50 bits per heavy atom. The van der Waals surface area contributed by atoms with Crippen LogP contribution in [0.4, 0.5) is 4.79 Å². The summed E-state index contributed by atoms with van der Waals surface area (Å²) in [7, 11) is 0. The number of hydrogen-bond acceptors (Lipinski definition) is 3. The number of amides is 1. The second kappa shape index (κ2) is 4.30. The van der Waals surface area contributed by atoms with Crippen LogP contribution in [0.25, 0.3) is 0 Å². The minimum Gasteiger partial charge on any atom is -0.444 e. The SMILES string of the molecule is C[C](O)CNC(=O)OC(C)(C)C. The monoisotopic (exact) mass is 174 g/mol. The maximum absolute atomic E-state index is 10.9. The van der Waals surface area contributed by atoms with Crippen LogP contribution < -0.4 is 5.32 Å². The standard InChI is InChI=1S/C8H16NO3/c1-6(10)5-9-7(11)12-8(2,3)4/h10H,5H2,1-4H3,(H,9,11). The van der Waals surface area contributed by atoms with E-state index >= 15 is 0 Å². The zero-order valence-corrected chi connectivity index (χ0v) is 7.97. The molecule has 0 aromatic rings. The van der Waals surface area contributed by atoms with Gasteiger partial charge in [-0.1, -0.05) is 0 Å². The highest BCUT2D eigenvalue weighted by Gasteiger charge is 2.15. The zero-order valence-electron chi connectivity index (χ0n) is 7.97. The molecule has 2 N–H and O–H groups in total. The highest BCUT2D eigenvalue weighted by molar-refractivity contribution is 5.67. The van der Waals surface area contributed by atoms with Gasteiger partial charge in [0.25, 0.3) is 0 Å². The molecule has 0 aromatic carbocycles. The van der Waals surface area contributed by atoms with Crippen LogP contribution in [0.15, 0.2) is 0 Å². The number of hydrogen-bond donors (Lipinski definition) is 2. The van der Waals surface area contributed by atoms with Gasteiger partial charge in [-0.25, -0.2) is 4.79 Å². The largest absolute Gasteiger partial charge is 0.444 e. The second-order valence-corrected chi connectivity index (χ2v) is 3.59. The lowest BCUT2D eigenvalue weighted by molar-refractivity contribution is 0.0519. The third kappa shape index (κ3) is 7.34. The summed E-state index contributed by atoms with van der Waals surface area (Å²) in [5.74, 6) is 0. The fourth-order valence-corrected chi connectivity index (χ4v) is 0.514. The first kappa shape index (κ1) is 11.2. The van der Waals surface area contributed by atoms with Crippen molar-refractivity contribution in [3.63, 3.8) is 0 Å². The quantitative estimate of drug-likeness (QED) is 0.665. The van der Waals surface area contributed by atoms with Crippen molar-refractivity contribution in [3.8, 4) is 0 Å². The average Bonchev–Trinajstić information content (AvgIpc) is 1.79. The Hall–Kier alpha value is -0.770.